The summed E-state index contributed by atoms with van der Waals surface area (Å²) >= 11 is 5.75. The molecule has 0 bridgehead atoms. The number of rotatable bonds is 1. The molecule has 0 aliphatic rings. The fourth-order valence-electron chi connectivity index (χ4n) is 1.67. The van der Waals surface area contributed by atoms with E-state index in [1.807, 2.05) is 24.4 Å². The monoisotopic (exact) mass is 301 g/mol. The maximum Gasteiger partial charge on any atom is 0.129 e. The second-order valence-electron chi connectivity index (χ2n) is 3.54. The Morgan fingerprint density at radius 1 is 0.944 bits per heavy atom. The van der Waals surface area contributed by atoms with Crippen molar-refractivity contribution in [1.29, 1.82) is 0 Å². The van der Waals surface area contributed by atoms with Crippen LogP contribution in [0.2, 0.25) is 5.15 Å². The van der Waals surface area contributed by atoms with Gasteiger partial charge in [-0.05, 0) is 29.8 Å². The van der Waals surface area contributed by atoms with Crippen LogP contribution in [-0.4, -0.2) is 15.2 Å². The Morgan fingerprint density at radius 3 is 2.44 bits per heavy atom. The first-order valence-electron chi connectivity index (χ1n) is 4.88. The number of aromatic amines is 1. The highest BCUT2D eigenvalue weighted by Gasteiger charge is 2.01. The number of H-pyrrole nitrogens is 1. The van der Waals surface area contributed by atoms with Crippen LogP contribution in [0.1, 0.15) is 0 Å². The molecule has 0 amide bonds. The maximum absolute atomic E-state index is 5.75. The number of hydrogen-bond acceptors (Lipinski definition) is 2. The molecular formula is C12H10Cl3N3. The van der Waals surface area contributed by atoms with Crippen molar-refractivity contribution in [2.24, 2.45) is 0 Å². The minimum Gasteiger partial charge on any atom is -0.278 e. The molecule has 0 aliphatic heterocycles. The van der Waals surface area contributed by atoms with Gasteiger partial charge in [0.15, 0.2) is 0 Å². The highest BCUT2D eigenvalue weighted by molar-refractivity contribution is 6.29. The first kappa shape index (κ1) is 14.8. The quantitative estimate of drug-likeness (QED) is 0.687. The van der Waals surface area contributed by atoms with E-state index >= 15 is 0 Å². The Hall–Kier alpha value is -1.29. The molecule has 0 saturated heterocycles. The normalized spacial score (nSPS) is 9.61. The maximum atomic E-state index is 5.75. The highest BCUT2D eigenvalue weighted by atomic mass is 35.5. The number of fused-ring (bicyclic) bond motifs is 1. The summed E-state index contributed by atoms with van der Waals surface area (Å²) in [6.07, 6.45) is 3.58. The standard InChI is InChI=1S/C12H8ClN3.2ClH/c13-12-4-2-9(6-14-12)8-1-3-11-10(5-8)7-15-16-11;;/h1-7H,(H,15,16);2*1H. The zero-order valence-corrected chi connectivity index (χ0v) is 11.5. The van der Waals surface area contributed by atoms with Crippen molar-refractivity contribution >= 4 is 47.3 Å². The average molecular weight is 303 g/mol. The van der Waals surface area contributed by atoms with Gasteiger partial charge in [0.1, 0.15) is 5.15 Å². The predicted octanol–water partition coefficient (Wildman–Crippen LogP) is 4.12. The number of nitrogens with zero attached hydrogens (tertiary/aromatic N) is 2. The minimum absolute atomic E-state index is 0. The highest BCUT2D eigenvalue weighted by Crippen LogP contribution is 2.23. The van der Waals surface area contributed by atoms with Crippen LogP contribution in [0.25, 0.3) is 22.0 Å². The summed E-state index contributed by atoms with van der Waals surface area (Å²) in [5.41, 5.74) is 3.19. The zero-order valence-electron chi connectivity index (χ0n) is 9.13. The molecule has 0 radical (unpaired) electrons. The van der Waals surface area contributed by atoms with Crippen LogP contribution in [0, 0.1) is 0 Å². The molecule has 3 nitrogen and oxygen atoms in total. The molecule has 0 atom stereocenters. The van der Waals surface area contributed by atoms with Crippen LogP contribution in [0.3, 0.4) is 0 Å². The second kappa shape index (κ2) is 6.05. The largest absolute Gasteiger partial charge is 0.278 e. The molecule has 1 aromatic carbocycles. The van der Waals surface area contributed by atoms with Crippen molar-refractivity contribution in [2.75, 3.05) is 0 Å². The number of benzene rings is 1. The Balaban J connectivity index is 0.000000810. The topological polar surface area (TPSA) is 41.6 Å². The minimum atomic E-state index is 0. The number of halogens is 3. The van der Waals surface area contributed by atoms with Crippen LogP contribution in [-0.2, 0) is 0 Å². The Bertz CT molecular complexity index is 634. The fraction of sp³-hybridized carbons (Fsp3) is 0. The van der Waals surface area contributed by atoms with E-state index in [1.165, 1.54) is 0 Å². The summed E-state index contributed by atoms with van der Waals surface area (Å²) in [7, 11) is 0. The Morgan fingerprint density at radius 2 is 1.72 bits per heavy atom. The van der Waals surface area contributed by atoms with Crippen LogP contribution in [0.5, 0.6) is 0 Å². The summed E-state index contributed by atoms with van der Waals surface area (Å²) in [5, 5.41) is 8.51. The molecular weight excluding hydrogens is 293 g/mol. The zero-order chi connectivity index (χ0) is 11.0. The lowest BCUT2D eigenvalue weighted by molar-refractivity contribution is 1.12. The smallest absolute Gasteiger partial charge is 0.129 e. The molecule has 2 heterocycles. The second-order valence-corrected chi connectivity index (χ2v) is 3.93. The SMILES string of the molecule is Cl.Cl.Clc1ccc(-c2ccc3[nH]ncc3c2)cn1. The first-order valence-corrected chi connectivity index (χ1v) is 5.26. The molecule has 94 valence electrons. The lowest BCUT2D eigenvalue weighted by Crippen LogP contribution is -1.80. The van der Waals surface area contributed by atoms with E-state index in [4.69, 9.17) is 11.6 Å². The van der Waals surface area contributed by atoms with Crippen LogP contribution in [0.15, 0.2) is 42.7 Å². The van der Waals surface area contributed by atoms with Crippen molar-refractivity contribution < 1.29 is 0 Å². The fourth-order valence-corrected chi connectivity index (χ4v) is 1.78. The van der Waals surface area contributed by atoms with Gasteiger partial charge in [-0.25, -0.2) is 4.98 Å². The predicted molar refractivity (Wildman–Crippen MR) is 78.8 cm³/mol. The Kier molecular flexibility index (Phi) is 4.96. The van der Waals surface area contributed by atoms with Gasteiger partial charge in [0.2, 0.25) is 0 Å². The van der Waals surface area contributed by atoms with Gasteiger partial charge in [-0.1, -0.05) is 17.7 Å². The van der Waals surface area contributed by atoms with Gasteiger partial charge in [0.25, 0.3) is 0 Å². The summed E-state index contributed by atoms with van der Waals surface area (Å²) in [5.74, 6) is 0. The van der Waals surface area contributed by atoms with E-state index in [0.717, 1.165) is 22.0 Å². The number of hydrogen-bond donors (Lipinski definition) is 1. The number of aromatic nitrogens is 3. The Labute approximate surface area is 121 Å². The van der Waals surface area contributed by atoms with Gasteiger partial charge in [-0.15, -0.1) is 24.8 Å². The van der Waals surface area contributed by atoms with Gasteiger partial charge >= 0.3 is 0 Å². The van der Waals surface area contributed by atoms with E-state index in [0.29, 0.717) is 5.15 Å². The third kappa shape index (κ3) is 2.75. The van der Waals surface area contributed by atoms with Crippen LogP contribution < -0.4 is 0 Å². The van der Waals surface area contributed by atoms with Crippen molar-refractivity contribution in [3.63, 3.8) is 0 Å². The van der Waals surface area contributed by atoms with Gasteiger partial charge in [0, 0.05) is 17.1 Å². The van der Waals surface area contributed by atoms with Gasteiger partial charge < -0.3 is 0 Å². The van der Waals surface area contributed by atoms with E-state index < -0.39 is 0 Å². The van der Waals surface area contributed by atoms with Crippen molar-refractivity contribution in [2.45, 2.75) is 0 Å². The van der Waals surface area contributed by atoms with Gasteiger partial charge in [-0.3, -0.25) is 5.10 Å². The lowest BCUT2D eigenvalue weighted by atomic mass is 10.1. The average Bonchev–Trinajstić information content (AvgIpc) is 2.77. The van der Waals surface area contributed by atoms with Gasteiger partial charge in [0.05, 0.1) is 11.7 Å². The van der Waals surface area contributed by atoms with Gasteiger partial charge in [-0.2, -0.15) is 5.10 Å². The summed E-state index contributed by atoms with van der Waals surface area (Å²) in [6.45, 7) is 0. The third-order valence-electron chi connectivity index (χ3n) is 2.50. The molecule has 3 rings (SSSR count). The van der Waals surface area contributed by atoms with Crippen LogP contribution in [0.4, 0.5) is 0 Å². The molecule has 0 fully saturated rings. The molecule has 3 aromatic rings. The molecule has 1 N–H and O–H groups in total. The number of pyridine rings is 1. The molecule has 0 unspecified atom stereocenters. The number of nitrogens with one attached hydrogen (secondary N) is 1. The van der Waals surface area contributed by atoms with Crippen molar-refractivity contribution in [3.8, 4) is 11.1 Å². The lowest BCUT2D eigenvalue weighted by Gasteiger charge is -2.00. The molecule has 0 aliphatic carbocycles. The molecule has 0 saturated carbocycles. The third-order valence-corrected chi connectivity index (χ3v) is 2.72. The summed E-state index contributed by atoms with van der Waals surface area (Å²) < 4.78 is 0. The van der Waals surface area contributed by atoms with Crippen molar-refractivity contribution in [1.82, 2.24) is 15.2 Å². The molecule has 0 spiro atoms. The van der Waals surface area contributed by atoms with E-state index in [2.05, 4.69) is 21.2 Å². The molecule has 6 heteroatoms. The first-order chi connectivity index (χ1) is 7.83. The van der Waals surface area contributed by atoms with E-state index in [9.17, 15) is 0 Å². The molecule has 18 heavy (non-hydrogen) atoms. The summed E-state index contributed by atoms with van der Waals surface area (Å²) in [6, 6.07) is 9.86. The molecule has 2 aromatic heterocycles. The summed E-state index contributed by atoms with van der Waals surface area (Å²) in [4.78, 5) is 4.07. The van der Waals surface area contributed by atoms with Crippen LogP contribution >= 0.6 is 36.4 Å². The van der Waals surface area contributed by atoms with E-state index in [1.54, 1.807) is 12.3 Å². The van der Waals surface area contributed by atoms with Crippen molar-refractivity contribution in [3.05, 3.63) is 47.9 Å². The van der Waals surface area contributed by atoms with E-state index in [-0.39, 0.29) is 24.8 Å².